The third kappa shape index (κ3) is 6.88. The number of hydrogen-bond acceptors (Lipinski definition) is 3. The molecule has 0 aliphatic carbocycles. The summed E-state index contributed by atoms with van der Waals surface area (Å²) in [4.78, 5) is 10.7. The number of ether oxygens (including phenoxy) is 2. The molecule has 1 N–H and O–H groups in total. The van der Waals surface area contributed by atoms with Crippen molar-refractivity contribution in [1.29, 1.82) is 0 Å². The van der Waals surface area contributed by atoms with Gasteiger partial charge >= 0.3 is 5.97 Å². The number of unbranched alkanes of at least 4 members (excludes halogenated alkanes) is 1. The van der Waals surface area contributed by atoms with Gasteiger partial charge in [0, 0.05) is 12.0 Å². The zero-order chi connectivity index (χ0) is 22.1. The number of carbonyl (C=O) groups is 1. The van der Waals surface area contributed by atoms with Gasteiger partial charge in [-0.15, -0.1) is 0 Å². The van der Waals surface area contributed by atoms with Crippen LogP contribution in [0.5, 0.6) is 11.5 Å². The third-order valence-electron chi connectivity index (χ3n) is 5.11. The number of carboxylic acid groups (broad SMARTS) is 1. The predicted molar refractivity (Wildman–Crippen MR) is 124 cm³/mol. The number of aliphatic carboxylic acids is 1. The van der Waals surface area contributed by atoms with Crippen molar-refractivity contribution in [2.45, 2.75) is 46.1 Å². The molecule has 0 unspecified atom stereocenters. The molecule has 0 atom stereocenters. The molecule has 0 fully saturated rings. The van der Waals surface area contributed by atoms with Crippen molar-refractivity contribution in [3.63, 3.8) is 0 Å². The second-order valence-corrected chi connectivity index (χ2v) is 7.72. The van der Waals surface area contributed by atoms with Gasteiger partial charge in [0.15, 0.2) is 0 Å². The average Bonchev–Trinajstić information content (AvgIpc) is 2.78. The monoisotopic (exact) mass is 418 g/mol. The number of aryl methyl sites for hydroxylation is 2. The molecule has 0 bridgehead atoms. The Bertz CT molecular complexity index is 975. The molecule has 3 aromatic rings. The Kier molecular flexibility index (Phi) is 8.11. The van der Waals surface area contributed by atoms with E-state index in [0.717, 1.165) is 53.2 Å². The van der Waals surface area contributed by atoms with Crippen molar-refractivity contribution < 1.29 is 19.4 Å². The Morgan fingerprint density at radius 2 is 1.61 bits per heavy atom. The van der Waals surface area contributed by atoms with Crippen molar-refractivity contribution in [3.05, 3.63) is 83.4 Å². The minimum absolute atomic E-state index is 0.138. The lowest BCUT2D eigenvalue weighted by Gasteiger charge is -2.13. The Morgan fingerprint density at radius 1 is 0.903 bits per heavy atom. The SMILES string of the molecule is CCCCOc1ccc(C)cc1-c1ccc(COc2ccc(CCC(=O)O)cc2)cc1. The van der Waals surface area contributed by atoms with E-state index in [4.69, 9.17) is 14.6 Å². The molecule has 0 aliphatic heterocycles. The summed E-state index contributed by atoms with van der Waals surface area (Å²) in [6, 6.07) is 22.3. The van der Waals surface area contributed by atoms with Gasteiger partial charge in [-0.2, -0.15) is 0 Å². The van der Waals surface area contributed by atoms with E-state index in [9.17, 15) is 4.79 Å². The van der Waals surface area contributed by atoms with Gasteiger partial charge in [-0.1, -0.05) is 61.4 Å². The number of hydrogen-bond donors (Lipinski definition) is 1. The smallest absolute Gasteiger partial charge is 0.303 e. The quantitative estimate of drug-likeness (QED) is 0.364. The van der Waals surface area contributed by atoms with Crippen LogP contribution in [0.1, 0.15) is 42.9 Å². The van der Waals surface area contributed by atoms with E-state index in [1.165, 1.54) is 5.56 Å². The van der Waals surface area contributed by atoms with Crippen LogP contribution in [0.4, 0.5) is 0 Å². The zero-order valence-corrected chi connectivity index (χ0v) is 18.3. The molecular weight excluding hydrogens is 388 g/mol. The highest BCUT2D eigenvalue weighted by molar-refractivity contribution is 5.71. The van der Waals surface area contributed by atoms with E-state index in [1.807, 2.05) is 24.3 Å². The van der Waals surface area contributed by atoms with Gasteiger partial charge in [-0.3, -0.25) is 4.79 Å². The van der Waals surface area contributed by atoms with Gasteiger partial charge in [-0.05, 0) is 60.7 Å². The first-order valence-electron chi connectivity index (χ1n) is 10.8. The summed E-state index contributed by atoms with van der Waals surface area (Å²) in [5.74, 6) is 0.911. The van der Waals surface area contributed by atoms with Gasteiger partial charge in [-0.25, -0.2) is 0 Å². The summed E-state index contributed by atoms with van der Waals surface area (Å²) in [5, 5.41) is 8.78. The topological polar surface area (TPSA) is 55.8 Å². The van der Waals surface area contributed by atoms with Crippen molar-refractivity contribution in [2.75, 3.05) is 6.61 Å². The summed E-state index contributed by atoms with van der Waals surface area (Å²) in [6.07, 6.45) is 2.82. The highest BCUT2D eigenvalue weighted by Crippen LogP contribution is 2.31. The molecule has 0 spiro atoms. The van der Waals surface area contributed by atoms with E-state index in [1.54, 1.807) is 0 Å². The molecule has 4 nitrogen and oxygen atoms in total. The highest BCUT2D eigenvalue weighted by atomic mass is 16.5. The molecule has 0 heterocycles. The maximum atomic E-state index is 10.7. The van der Waals surface area contributed by atoms with E-state index in [2.05, 4.69) is 56.3 Å². The van der Waals surface area contributed by atoms with Crippen LogP contribution in [0, 0.1) is 6.92 Å². The lowest BCUT2D eigenvalue weighted by atomic mass is 10.0. The van der Waals surface area contributed by atoms with Gasteiger partial charge in [0.2, 0.25) is 0 Å². The van der Waals surface area contributed by atoms with Crippen LogP contribution >= 0.6 is 0 Å². The molecule has 0 saturated carbocycles. The van der Waals surface area contributed by atoms with Crippen LogP contribution in [-0.2, 0) is 17.8 Å². The lowest BCUT2D eigenvalue weighted by molar-refractivity contribution is -0.136. The van der Waals surface area contributed by atoms with E-state index in [0.29, 0.717) is 13.0 Å². The summed E-state index contributed by atoms with van der Waals surface area (Å²) >= 11 is 0. The molecule has 4 heteroatoms. The van der Waals surface area contributed by atoms with Crippen molar-refractivity contribution in [1.82, 2.24) is 0 Å². The minimum Gasteiger partial charge on any atom is -0.493 e. The second-order valence-electron chi connectivity index (χ2n) is 7.72. The van der Waals surface area contributed by atoms with Gasteiger partial charge < -0.3 is 14.6 Å². The normalized spacial score (nSPS) is 10.6. The second kappa shape index (κ2) is 11.2. The summed E-state index contributed by atoms with van der Waals surface area (Å²) in [7, 11) is 0. The first-order valence-corrected chi connectivity index (χ1v) is 10.8. The van der Waals surface area contributed by atoms with E-state index >= 15 is 0 Å². The predicted octanol–water partition coefficient (Wildman–Crippen LogP) is 6.44. The highest BCUT2D eigenvalue weighted by Gasteiger charge is 2.08. The number of rotatable bonds is 11. The van der Waals surface area contributed by atoms with E-state index < -0.39 is 5.97 Å². The van der Waals surface area contributed by atoms with Crippen molar-refractivity contribution >= 4 is 5.97 Å². The van der Waals surface area contributed by atoms with E-state index in [-0.39, 0.29) is 6.42 Å². The minimum atomic E-state index is -0.783. The molecule has 31 heavy (non-hydrogen) atoms. The molecule has 0 aromatic heterocycles. The van der Waals surface area contributed by atoms with Gasteiger partial charge in [0.05, 0.1) is 6.61 Å². The van der Waals surface area contributed by atoms with Crippen molar-refractivity contribution in [2.24, 2.45) is 0 Å². The maximum absolute atomic E-state index is 10.7. The zero-order valence-electron chi connectivity index (χ0n) is 18.3. The fourth-order valence-electron chi connectivity index (χ4n) is 3.27. The molecule has 0 aliphatic rings. The van der Waals surface area contributed by atoms with Crippen LogP contribution < -0.4 is 9.47 Å². The van der Waals surface area contributed by atoms with Crippen LogP contribution in [0.15, 0.2) is 66.7 Å². The largest absolute Gasteiger partial charge is 0.493 e. The Balaban J connectivity index is 1.62. The first kappa shape index (κ1) is 22.4. The molecule has 0 amide bonds. The molecule has 0 radical (unpaired) electrons. The number of benzene rings is 3. The van der Waals surface area contributed by atoms with Gasteiger partial charge in [0.1, 0.15) is 18.1 Å². The third-order valence-corrected chi connectivity index (χ3v) is 5.11. The first-order chi connectivity index (χ1) is 15.0. The maximum Gasteiger partial charge on any atom is 0.303 e. The summed E-state index contributed by atoms with van der Waals surface area (Å²) in [5.41, 5.74) is 5.52. The van der Waals surface area contributed by atoms with Crippen LogP contribution in [0.25, 0.3) is 11.1 Å². The van der Waals surface area contributed by atoms with Crippen LogP contribution in [-0.4, -0.2) is 17.7 Å². The average molecular weight is 419 g/mol. The number of carboxylic acids is 1. The van der Waals surface area contributed by atoms with Crippen molar-refractivity contribution in [3.8, 4) is 22.6 Å². The Labute approximate surface area is 184 Å². The fourth-order valence-corrected chi connectivity index (χ4v) is 3.27. The Morgan fingerprint density at radius 3 is 2.29 bits per heavy atom. The molecule has 162 valence electrons. The lowest BCUT2D eigenvalue weighted by Crippen LogP contribution is -1.99. The van der Waals surface area contributed by atoms with Crippen LogP contribution in [0.2, 0.25) is 0 Å². The molecular formula is C27H30O4. The fraction of sp³-hybridized carbons (Fsp3) is 0.296. The Hall–Kier alpha value is -3.27. The van der Waals surface area contributed by atoms with Gasteiger partial charge in [0.25, 0.3) is 0 Å². The summed E-state index contributed by atoms with van der Waals surface area (Å²) < 4.78 is 11.9. The van der Waals surface area contributed by atoms with Crippen LogP contribution in [0.3, 0.4) is 0 Å². The molecule has 3 rings (SSSR count). The standard InChI is InChI=1S/C27H30O4/c1-3-4-17-30-26-15-5-20(2)18-25(26)23-11-6-22(7-12-23)19-31-24-13-8-21(9-14-24)10-16-27(28)29/h5-9,11-15,18H,3-4,10,16-17,19H2,1-2H3,(H,28,29). The molecule has 0 saturated heterocycles. The molecule has 3 aromatic carbocycles. The summed E-state index contributed by atoms with van der Waals surface area (Å²) in [6.45, 7) is 5.46.